The summed E-state index contributed by atoms with van der Waals surface area (Å²) in [5.41, 5.74) is 8.19. The highest BCUT2D eigenvalue weighted by Crippen LogP contribution is 2.62. The number of hydrogen-bond donors (Lipinski definition) is 2. The highest BCUT2D eigenvalue weighted by atomic mass is 16.5. The molecule has 1 saturated heterocycles. The van der Waals surface area contributed by atoms with E-state index < -0.39 is 22.8 Å². The SMILES string of the molecule is O=C(O)CCC1(CC2(CC3(CCC(=O)O)c4ccccc4-c4ccccc43)COC2)c2ccccc2-c2ccccc21. The summed E-state index contributed by atoms with van der Waals surface area (Å²) in [5.74, 6) is -1.60. The minimum Gasteiger partial charge on any atom is -0.481 e. The van der Waals surface area contributed by atoms with E-state index in [1.807, 2.05) is 0 Å². The van der Waals surface area contributed by atoms with Crippen molar-refractivity contribution in [1.82, 2.24) is 0 Å². The van der Waals surface area contributed by atoms with Crippen LogP contribution in [0.15, 0.2) is 97.1 Å². The molecule has 1 fully saturated rings. The first-order chi connectivity index (χ1) is 20.4. The van der Waals surface area contributed by atoms with E-state index in [0.717, 1.165) is 12.8 Å². The molecule has 0 unspecified atom stereocenters. The van der Waals surface area contributed by atoms with Gasteiger partial charge in [-0.05, 0) is 70.2 Å². The van der Waals surface area contributed by atoms with Crippen LogP contribution < -0.4 is 0 Å². The Labute approximate surface area is 245 Å². The van der Waals surface area contributed by atoms with Crippen molar-refractivity contribution >= 4 is 11.9 Å². The third-order valence-electron chi connectivity index (χ3n) is 10.1. The van der Waals surface area contributed by atoms with E-state index in [-0.39, 0.29) is 18.3 Å². The molecule has 212 valence electrons. The second-order valence-corrected chi connectivity index (χ2v) is 12.5. The number of carboxylic acids is 2. The van der Waals surface area contributed by atoms with Crippen LogP contribution in [0.4, 0.5) is 0 Å². The lowest BCUT2D eigenvalue weighted by Gasteiger charge is -2.52. The van der Waals surface area contributed by atoms with Crippen molar-refractivity contribution in [1.29, 1.82) is 0 Å². The van der Waals surface area contributed by atoms with E-state index in [1.165, 1.54) is 44.5 Å². The summed E-state index contributed by atoms with van der Waals surface area (Å²) < 4.78 is 6.02. The Morgan fingerprint density at radius 1 is 0.548 bits per heavy atom. The maximum Gasteiger partial charge on any atom is 0.303 e. The minimum absolute atomic E-state index is 0.0649. The molecule has 4 aromatic carbocycles. The monoisotopic (exact) mass is 558 g/mol. The van der Waals surface area contributed by atoms with Gasteiger partial charge in [-0.3, -0.25) is 9.59 Å². The molecule has 1 heterocycles. The van der Waals surface area contributed by atoms with Gasteiger partial charge in [-0.15, -0.1) is 0 Å². The average molecular weight is 559 g/mol. The number of ether oxygens (including phenoxy) is 1. The molecule has 5 nitrogen and oxygen atoms in total. The largest absolute Gasteiger partial charge is 0.481 e. The molecule has 0 radical (unpaired) electrons. The van der Waals surface area contributed by atoms with Gasteiger partial charge in [0.05, 0.1) is 13.2 Å². The second kappa shape index (κ2) is 9.95. The van der Waals surface area contributed by atoms with Crippen molar-refractivity contribution < 1.29 is 24.5 Å². The van der Waals surface area contributed by atoms with Gasteiger partial charge in [-0.1, -0.05) is 97.1 Å². The third kappa shape index (κ3) is 4.02. The molecule has 0 amide bonds. The van der Waals surface area contributed by atoms with Crippen LogP contribution in [0.2, 0.25) is 0 Å². The zero-order valence-electron chi connectivity index (χ0n) is 23.5. The molecule has 7 rings (SSSR count). The fourth-order valence-electron chi connectivity index (χ4n) is 8.51. The summed E-state index contributed by atoms with van der Waals surface area (Å²) in [6.45, 7) is 1.12. The molecule has 0 bridgehead atoms. The van der Waals surface area contributed by atoms with Crippen LogP contribution in [0.5, 0.6) is 0 Å². The summed E-state index contributed by atoms with van der Waals surface area (Å²) >= 11 is 0. The van der Waals surface area contributed by atoms with Gasteiger partial charge in [0.15, 0.2) is 0 Å². The molecular weight excluding hydrogens is 524 g/mol. The summed E-state index contributed by atoms with van der Waals surface area (Å²) in [6, 6.07) is 33.7. The quantitative estimate of drug-likeness (QED) is 0.211. The molecule has 0 aromatic heterocycles. The Hall–Kier alpha value is -4.22. The zero-order chi connectivity index (χ0) is 29.0. The van der Waals surface area contributed by atoms with Crippen LogP contribution in [0, 0.1) is 5.41 Å². The van der Waals surface area contributed by atoms with Gasteiger partial charge in [0.25, 0.3) is 0 Å². The molecule has 2 N–H and O–H groups in total. The number of fused-ring (bicyclic) bond motifs is 6. The van der Waals surface area contributed by atoms with Crippen molar-refractivity contribution in [3.8, 4) is 22.3 Å². The molecule has 4 aromatic rings. The molecule has 42 heavy (non-hydrogen) atoms. The molecule has 5 heteroatoms. The van der Waals surface area contributed by atoms with Crippen LogP contribution >= 0.6 is 0 Å². The highest BCUT2D eigenvalue weighted by Gasteiger charge is 2.56. The molecule has 0 saturated carbocycles. The summed E-state index contributed by atoms with van der Waals surface area (Å²) in [6.07, 6.45) is 2.59. The standard InChI is InChI=1S/C37H34O5/c38-33(39)17-19-36(29-13-5-1-9-25(29)26-10-2-6-14-30(26)36)21-35(23-42-24-35)22-37(20-18-34(40)41)31-15-7-3-11-27(31)28-12-4-8-16-32(28)37/h1-16H,17-24H2,(H,38,39)(H,40,41). The molecule has 1 aliphatic heterocycles. The zero-order valence-corrected chi connectivity index (χ0v) is 23.5. The first-order valence-electron chi connectivity index (χ1n) is 14.8. The van der Waals surface area contributed by atoms with Crippen LogP contribution in [0.1, 0.15) is 60.8 Å². The molecular formula is C37H34O5. The lowest BCUT2D eigenvalue weighted by Crippen LogP contribution is -2.51. The second-order valence-electron chi connectivity index (χ2n) is 12.5. The first kappa shape index (κ1) is 26.7. The van der Waals surface area contributed by atoms with Crippen molar-refractivity contribution in [2.75, 3.05) is 13.2 Å². The van der Waals surface area contributed by atoms with E-state index in [9.17, 15) is 19.8 Å². The number of benzene rings is 4. The van der Waals surface area contributed by atoms with Crippen LogP contribution in [0.25, 0.3) is 22.3 Å². The van der Waals surface area contributed by atoms with Crippen molar-refractivity contribution in [2.45, 2.75) is 49.4 Å². The van der Waals surface area contributed by atoms with Gasteiger partial charge >= 0.3 is 11.9 Å². The van der Waals surface area contributed by atoms with E-state index in [2.05, 4.69) is 97.1 Å². The predicted octanol–water partition coefficient (Wildman–Crippen LogP) is 7.45. The van der Waals surface area contributed by atoms with Crippen molar-refractivity contribution in [2.24, 2.45) is 5.41 Å². The van der Waals surface area contributed by atoms with Crippen molar-refractivity contribution in [3.63, 3.8) is 0 Å². The normalized spacial score (nSPS) is 17.8. The van der Waals surface area contributed by atoms with E-state index >= 15 is 0 Å². The van der Waals surface area contributed by atoms with E-state index in [4.69, 9.17) is 4.74 Å². The number of rotatable bonds is 10. The Morgan fingerprint density at radius 3 is 1.12 bits per heavy atom. The van der Waals surface area contributed by atoms with Gasteiger partial charge in [0, 0.05) is 29.1 Å². The van der Waals surface area contributed by atoms with Gasteiger partial charge in [-0.25, -0.2) is 0 Å². The highest BCUT2D eigenvalue weighted by molar-refractivity contribution is 5.83. The molecule has 3 aliphatic rings. The van der Waals surface area contributed by atoms with Crippen LogP contribution in [-0.2, 0) is 25.2 Å². The van der Waals surface area contributed by atoms with Crippen molar-refractivity contribution in [3.05, 3.63) is 119 Å². The van der Waals surface area contributed by atoms with Crippen LogP contribution in [-0.4, -0.2) is 35.4 Å². The lowest BCUT2D eigenvalue weighted by molar-refractivity contribution is -0.143. The summed E-state index contributed by atoms with van der Waals surface area (Å²) in [4.78, 5) is 24.1. The topological polar surface area (TPSA) is 83.8 Å². The fraction of sp³-hybridized carbons (Fsp3) is 0.297. The number of carboxylic acid groups (broad SMARTS) is 2. The number of carbonyl (C=O) groups is 2. The van der Waals surface area contributed by atoms with E-state index in [1.54, 1.807) is 0 Å². The lowest BCUT2D eigenvalue weighted by atomic mass is 9.57. The average Bonchev–Trinajstić information content (AvgIpc) is 3.42. The maximum absolute atomic E-state index is 12.0. The summed E-state index contributed by atoms with van der Waals surface area (Å²) in [5, 5.41) is 19.8. The number of hydrogen-bond acceptors (Lipinski definition) is 3. The fourth-order valence-corrected chi connectivity index (χ4v) is 8.51. The van der Waals surface area contributed by atoms with E-state index in [0.29, 0.717) is 26.1 Å². The molecule has 0 atom stereocenters. The van der Waals surface area contributed by atoms with Gasteiger partial charge in [0.2, 0.25) is 0 Å². The Bertz CT molecular complexity index is 1490. The number of aliphatic carboxylic acids is 2. The van der Waals surface area contributed by atoms with Gasteiger partial charge in [-0.2, -0.15) is 0 Å². The van der Waals surface area contributed by atoms with Gasteiger partial charge in [0.1, 0.15) is 0 Å². The minimum atomic E-state index is -0.799. The predicted molar refractivity (Wildman–Crippen MR) is 162 cm³/mol. The Balaban J connectivity index is 1.39. The van der Waals surface area contributed by atoms with Crippen LogP contribution in [0.3, 0.4) is 0 Å². The Morgan fingerprint density at radius 2 is 0.857 bits per heavy atom. The maximum atomic E-state index is 12.0. The molecule has 0 spiro atoms. The Kier molecular flexibility index (Phi) is 6.32. The summed E-state index contributed by atoms with van der Waals surface area (Å²) in [7, 11) is 0. The smallest absolute Gasteiger partial charge is 0.303 e. The van der Waals surface area contributed by atoms with Gasteiger partial charge < -0.3 is 14.9 Å². The first-order valence-corrected chi connectivity index (χ1v) is 14.8. The molecule has 2 aliphatic carbocycles. The third-order valence-corrected chi connectivity index (χ3v) is 10.1.